The van der Waals surface area contributed by atoms with E-state index in [0.717, 1.165) is 32.2 Å². The van der Waals surface area contributed by atoms with Crippen LogP contribution in [-0.2, 0) is 4.79 Å². The molecule has 1 fully saturated rings. The maximum Gasteiger partial charge on any atom is 0.226 e. The summed E-state index contributed by atoms with van der Waals surface area (Å²) in [4.78, 5) is 14.2. The van der Waals surface area contributed by atoms with Crippen molar-refractivity contribution in [2.24, 2.45) is 0 Å². The predicted molar refractivity (Wildman–Crippen MR) is 80.6 cm³/mol. The highest BCUT2D eigenvalue weighted by Crippen LogP contribution is 2.28. The molecule has 4 nitrogen and oxygen atoms in total. The number of carbonyl (C=O) groups is 1. The van der Waals surface area contributed by atoms with Gasteiger partial charge >= 0.3 is 0 Å². The molecule has 20 heavy (non-hydrogen) atoms. The standard InChI is InChI=1S/C16H24N2O2/c1-2-3-11-18(13-8-9-13)16(19)10-12-20-15-7-5-4-6-14(15)17/h4-7,13H,2-3,8-12,17H2,1H3. The Labute approximate surface area is 120 Å². The summed E-state index contributed by atoms with van der Waals surface area (Å²) in [5.41, 5.74) is 6.42. The van der Waals surface area contributed by atoms with Crippen LogP contribution in [0.5, 0.6) is 5.75 Å². The molecule has 0 heterocycles. The summed E-state index contributed by atoms with van der Waals surface area (Å²) < 4.78 is 5.59. The van der Waals surface area contributed by atoms with E-state index in [1.807, 2.05) is 23.1 Å². The van der Waals surface area contributed by atoms with Gasteiger partial charge in [0.2, 0.25) is 5.91 Å². The maximum absolute atomic E-state index is 12.2. The van der Waals surface area contributed by atoms with Gasteiger partial charge in [-0.05, 0) is 31.4 Å². The number of unbranched alkanes of at least 4 members (excludes halogenated alkanes) is 1. The summed E-state index contributed by atoms with van der Waals surface area (Å²) in [7, 11) is 0. The van der Waals surface area contributed by atoms with Crippen molar-refractivity contribution in [1.29, 1.82) is 0 Å². The summed E-state index contributed by atoms with van der Waals surface area (Å²) in [6.07, 6.45) is 4.93. The van der Waals surface area contributed by atoms with E-state index in [9.17, 15) is 4.79 Å². The van der Waals surface area contributed by atoms with E-state index in [0.29, 0.717) is 30.5 Å². The SMILES string of the molecule is CCCCN(C(=O)CCOc1ccccc1N)C1CC1. The third-order valence-electron chi connectivity index (χ3n) is 3.55. The number of ether oxygens (including phenoxy) is 1. The van der Waals surface area contributed by atoms with Crippen molar-refractivity contribution < 1.29 is 9.53 Å². The van der Waals surface area contributed by atoms with E-state index in [2.05, 4.69) is 6.92 Å². The number of rotatable bonds is 8. The van der Waals surface area contributed by atoms with Crippen molar-refractivity contribution in [3.05, 3.63) is 24.3 Å². The molecule has 1 amide bonds. The van der Waals surface area contributed by atoms with Gasteiger partial charge in [0.25, 0.3) is 0 Å². The fraction of sp³-hybridized carbons (Fsp3) is 0.562. The number of nitrogen functional groups attached to an aromatic ring is 1. The second kappa shape index (κ2) is 7.17. The maximum atomic E-state index is 12.2. The Kier molecular flexibility index (Phi) is 5.27. The van der Waals surface area contributed by atoms with Crippen LogP contribution in [0.25, 0.3) is 0 Å². The zero-order chi connectivity index (χ0) is 14.4. The van der Waals surface area contributed by atoms with Crippen molar-refractivity contribution in [1.82, 2.24) is 4.90 Å². The van der Waals surface area contributed by atoms with E-state index in [1.165, 1.54) is 0 Å². The highest BCUT2D eigenvalue weighted by atomic mass is 16.5. The summed E-state index contributed by atoms with van der Waals surface area (Å²) >= 11 is 0. The third-order valence-corrected chi connectivity index (χ3v) is 3.55. The molecule has 4 heteroatoms. The largest absolute Gasteiger partial charge is 0.491 e. The number of nitrogens with two attached hydrogens (primary N) is 1. The molecule has 110 valence electrons. The second-order valence-corrected chi connectivity index (χ2v) is 5.31. The number of amides is 1. The number of para-hydroxylation sites is 2. The van der Waals surface area contributed by atoms with Crippen LogP contribution >= 0.6 is 0 Å². The van der Waals surface area contributed by atoms with Crippen LogP contribution in [0.3, 0.4) is 0 Å². The molecular formula is C16H24N2O2. The number of benzene rings is 1. The van der Waals surface area contributed by atoms with Gasteiger partial charge in [-0.3, -0.25) is 4.79 Å². The molecule has 0 unspecified atom stereocenters. The fourth-order valence-electron chi connectivity index (χ4n) is 2.23. The monoisotopic (exact) mass is 276 g/mol. The van der Waals surface area contributed by atoms with Crippen LogP contribution in [0.15, 0.2) is 24.3 Å². The quantitative estimate of drug-likeness (QED) is 0.743. The van der Waals surface area contributed by atoms with Gasteiger partial charge in [-0.2, -0.15) is 0 Å². The molecule has 0 spiro atoms. The first kappa shape index (κ1) is 14.7. The second-order valence-electron chi connectivity index (χ2n) is 5.31. The normalized spacial score (nSPS) is 14.1. The highest BCUT2D eigenvalue weighted by molar-refractivity contribution is 5.77. The van der Waals surface area contributed by atoms with Crippen LogP contribution in [-0.4, -0.2) is 30.0 Å². The van der Waals surface area contributed by atoms with Gasteiger partial charge in [-0.15, -0.1) is 0 Å². The Morgan fingerprint density at radius 3 is 2.80 bits per heavy atom. The van der Waals surface area contributed by atoms with Gasteiger partial charge in [-0.25, -0.2) is 0 Å². The first-order chi connectivity index (χ1) is 9.72. The minimum atomic E-state index is 0.204. The Bertz CT molecular complexity index is 444. The molecule has 2 N–H and O–H groups in total. The van der Waals surface area contributed by atoms with Crippen molar-refractivity contribution in [2.75, 3.05) is 18.9 Å². The molecule has 0 atom stereocenters. The van der Waals surface area contributed by atoms with Crippen molar-refractivity contribution in [3.63, 3.8) is 0 Å². The van der Waals surface area contributed by atoms with Gasteiger partial charge in [0.05, 0.1) is 18.7 Å². The number of anilines is 1. The zero-order valence-corrected chi connectivity index (χ0v) is 12.2. The number of hydrogen-bond acceptors (Lipinski definition) is 3. The lowest BCUT2D eigenvalue weighted by molar-refractivity contribution is -0.132. The van der Waals surface area contributed by atoms with E-state index in [4.69, 9.17) is 10.5 Å². The van der Waals surface area contributed by atoms with Crippen LogP contribution in [0.4, 0.5) is 5.69 Å². The number of carbonyl (C=O) groups excluding carboxylic acids is 1. The van der Waals surface area contributed by atoms with Crippen molar-refractivity contribution >= 4 is 11.6 Å². The van der Waals surface area contributed by atoms with Crippen molar-refractivity contribution in [2.45, 2.75) is 45.1 Å². The summed E-state index contributed by atoms with van der Waals surface area (Å²) in [5.74, 6) is 0.863. The fourth-order valence-corrected chi connectivity index (χ4v) is 2.23. The molecule has 0 bridgehead atoms. The number of nitrogens with zero attached hydrogens (tertiary/aromatic N) is 1. The molecule has 1 aromatic rings. The summed E-state index contributed by atoms with van der Waals surface area (Å²) in [6.45, 7) is 3.42. The van der Waals surface area contributed by atoms with Crippen LogP contribution in [0.1, 0.15) is 39.0 Å². The first-order valence-electron chi connectivity index (χ1n) is 7.49. The minimum absolute atomic E-state index is 0.204. The van der Waals surface area contributed by atoms with Gasteiger partial charge < -0.3 is 15.4 Å². The zero-order valence-electron chi connectivity index (χ0n) is 12.2. The first-order valence-corrected chi connectivity index (χ1v) is 7.49. The Balaban J connectivity index is 1.77. The van der Waals surface area contributed by atoms with Crippen LogP contribution < -0.4 is 10.5 Å². The molecule has 1 aromatic carbocycles. The average Bonchev–Trinajstić information content (AvgIpc) is 3.26. The molecule has 1 aliphatic rings. The molecule has 0 radical (unpaired) electrons. The summed E-state index contributed by atoms with van der Waals surface area (Å²) in [5, 5.41) is 0. The molecular weight excluding hydrogens is 252 g/mol. The molecule has 1 saturated carbocycles. The van der Waals surface area contributed by atoms with Gasteiger partial charge in [-0.1, -0.05) is 25.5 Å². The molecule has 0 aliphatic heterocycles. The molecule has 0 saturated heterocycles. The predicted octanol–water partition coefficient (Wildman–Crippen LogP) is 2.83. The Morgan fingerprint density at radius 1 is 1.40 bits per heavy atom. The lowest BCUT2D eigenvalue weighted by Crippen LogP contribution is -2.34. The van der Waals surface area contributed by atoms with E-state index >= 15 is 0 Å². The smallest absolute Gasteiger partial charge is 0.226 e. The van der Waals surface area contributed by atoms with E-state index in [1.54, 1.807) is 6.07 Å². The lowest BCUT2D eigenvalue weighted by atomic mass is 10.2. The Morgan fingerprint density at radius 2 is 2.15 bits per heavy atom. The highest BCUT2D eigenvalue weighted by Gasteiger charge is 2.31. The Hall–Kier alpha value is -1.71. The van der Waals surface area contributed by atoms with Gasteiger partial charge in [0.1, 0.15) is 5.75 Å². The van der Waals surface area contributed by atoms with E-state index < -0.39 is 0 Å². The topological polar surface area (TPSA) is 55.6 Å². The minimum Gasteiger partial charge on any atom is -0.491 e. The van der Waals surface area contributed by atoms with Crippen LogP contribution in [0, 0.1) is 0 Å². The summed E-state index contributed by atoms with van der Waals surface area (Å²) in [6, 6.07) is 7.86. The molecule has 0 aromatic heterocycles. The van der Waals surface area contributed by atoms with Gasteiger partial charge in [0, 0.05) is 12.6 Å². The van der Waals surface area contributed by atoms with Crippen LogP contribution in [0.2, 0.25) is 0 Å². The third kappa shape index (κ3) is 4.15. The molecule has 2 rings (SSSR count). The van der Waals surface area contributed by atoms with Crippen molar-refractivity contribution in [3.8, 4) is 5.75 Å². The molecule has 1 aliphatic carbocycles. The van der Waals surface area contributed by atoms with Gasteiger partial charge in [0.15, 0.2) is 0 Å². The lowest BCUT2D eigenvalue weighted by Gasteiger charge is -2.22. The van der Waals surface area contributed by atoms with E-state index in [-0.39, 0.29) is 5.91 Å². The number of hydrogen-bond donors (Lipinski definition) is 1. The average molecular weight is 276 g/mol.